The van der Waals surface area contributed by atoms with Crippen molar-refractivity contribution in [2.75, 3.05) is 11.9 Å². The third kappa shape index (κ3) is 5.39. The Hall–Kier alpha value is -3.65. The number of benzene rings is 2. The van der Waals surface area contributed by atoms with Gasteiger partial charge in [0.15, 0.2) is 5.95 Å². The largest absolute Gasteiger partial charge is 0.538 e. The van der Waals surface area contributed by atoms with E-state index in [1.807, 2.05) is 55.5 Å². The van der Waals surface area contributed by atoms with Crippen molar-refractivity contribution >= 4 is 34.0 Å². The van der Waals surface area contributed by atoms with Gasteiger partial charge in [0.1, 0.15) is 11.1 Å². The fourth-order valence-corrected chi connectivity index (χ4v) is 6.58. The Bertz CT molecular complexity index is 1430. The van der Waals surface area contributed by atoms with Gasteiger partial charge >= 0.3 is 0 Å². The van der Waals surface area contributed by atoms with Gasteiger partial charge in [-0.3, -0.25) is 9.69 Å². The first-order valence-electron chi connectivity index (χ1n) is 12.0. The Balaban J connectivity index is 1.32. The number of nitrogens with one attached hydrogen (secondary N) is 1. The molecule has 8 nitrogen and oxygen atoms in total. The highest BCUT2D eigenvalue weighted by Crippen LogP contribution is 2.38. The second-order valence-corrected chi connectivity index (χ2v) is 11.0. The zero-order chi connectivity index (χ0) is 25.8. The van der Waals surface area contributed by atoms with Gasteiger partial charge < -0.3 is 14.9 Å². The van der Waals surface area contributed by atoms with E-state index >= 15 is 0 Å². The summed E-state index contributed by atoms with van der Waals surface area (Å²) in [5, 5.41) is 29.4. The maximum Gasteiger partial charge on any atom is 0.298 e. The Kier molecular flexibility index (Phi) is 7.55. The van der Waals surface area contributed by atoms with Crippen LogP contribution in [0.4, 0.5) is 5.00 Å². The predicted molar refractivity (Wildman–Crippen MR) is 139 cm³/mol. The van der Waals surface area contributed by atoms with Crippen LogP contribution in [-0.4, -0.2) is 27.9 Å². The summed E-state index contributed by atoms with van der Waals surface area (Å²) in [5.74, 6) is -0.855. The van der Waals surface area contributed by atoms with Crippen LogP contribution < -0.4 is 15.1 Å². The van der Waals surface area contributed by atoms with Crippen LogP contribution in [0.5, 0.6) is 5.95 Å². The van der Waals surface area contributed by atoms with Crippen molar-refractivity contribution < 1.29 is 19.1 Å². The molecule has 1 unspecified atom stereocenters. The van der Waals surface area contributed by atoms with Crippen LogP contribution in [0.3, 0.4) is 0 Å². The Morgan fingerprint density at radius 1 is 1.27 bits per heavy atom. The molecule has 2 aromatic heterocycles. The summed E-state index contributed by atoms with van der Waals surface area (Å²) < 4.78 is 6.31. The van der Waals surface area contributed by atoms with E-state index in [1.54, 1.807) is 0 Å². The summed E-state index contributed by atoms with van der Waals surface area (Å²) in [4.78, 5) is 16.8. The molecule has 0 aliphatic carbocycles. The van der Waals surface area contributed by atoms with Gasteiger partial charge in [-0.25, -0.2) is 0 Å². The maximum atomic E-state index is 13.3. The number of para-hydroxylation sites is 1. The average Bonchev–Trinajstić information content (AvgIpc) is 3.46. The lowest BCUT2D eigenvalue weighted by molar-refractivity contribution is -0.705. The van der Waals surface area contributed by atoms with Gasteiger partial charge in [0.05, 0.1) is 16.1 Å². The number of nitrogens with zero attached hydrogens (tertiary/aromatic N) is 4. The first-order chi connectivity index (χ1) is 18.1. The number of thiophene rings is 1. The molecule has 3 heterocycles. The fourth-order valence-electron chi connectivity index (χ4n) is 4.36. The van der Waals surface area contributed by atoms with E-state index in [9.17, 15) is 15.2 Å². The molecule has 0 saturated heterocycles. The first-order valence-corrected chi connectivity index (χ1v) is 13.7. The summed E-state index contributed by atoms with van der Waals surface area (Å²) >= 11 is 2.58. The van der Waals surface area contributed by atoms with Crippen molar-refractivity contribution in [2.45, 2.75) is 43.1 Å². The zero-order valence-corrected chi connectivity index (χ0v) is 21.8. The molecule has 1 N–H and O–H groups in total. The molecule has 188 valence electrons. The molecule has 2 aromatic carbocycles. The Morgan fingerprint density at radius 2 is 2.00 bits per heavy atom. The van der Waals surface area contributed by atoms with E-state index in [0.29, 0.717) is 22.7 Å². The van der Waals surface area contributed by atoms with E-state index < -0.39 is 11.2 Å². The minimum atomic E-state index is -0.595. The number of nitriles is 1. The lowest BCUT2D eigenvalue weighted by atomic mass is 10.0. The molecule has 0 radical (unpaired) electrons. The molecular weight excluding hydrogens is 506 g/mol. The number of carbonyl (C=O) groups excluding carboxylic acids is 1. The topological polar surface area (TPSA) is 109 Å². The number of carbonyl (C=O) groups is 1. The molecule has 1 aliphatic rings. The van der Waals surface area contributed by atoms with Crippen LogP contribution in [0.2, 0.25) is 0 Å². The number of aromatic nitrogens is 2. The van der Waals surface area contributed by atoms with Gasteiger partial charge in [0.25, 0.3) is 5.03 Å². The lowest BCUT2D eigenvalue weighted by Gasteiger charge is -2.26. The van der Waals surface area contributed by atoms with Crippen molar-refractivity contribution in [3.63, 3.8) is 0 Å². The average molecular weight is 532 g/mol. The predicted octanol–water partition coefficient (Wildman–Crippen LogP) is 4.03. The number of hydrogen-bond acceptors (Lipinski definition) is 8. The zero-order valence-electron chi connectivity index (χ0n) is 20.2. The van der Waals surface area contributed by atoms with E-state index in [2.05, 4.69) is 33.7 Å². The van der Waals surface area contributed by atoms with Gasteiger partial charge in [-0.1, -0.05) is 55.5 Å². The Labute approximate surface area is 223 Å². The standard InChI is InChI=1S/C27H25N5O3S2/c1-2-22(37-26-27(34)35-30-32(26)19-11-7-4-8-12-19)24(33)29-25-21(15-28)20-13-14-31(17-23(20)36-25)16-18-9-5-3-6-10-18/h3-12,22H,2,13-14,16-17H2,1H3,(H-,29,30,33,34). The fraction of sp³-hybridized carbons (Fsp3) is 0.259. The molecule has 1 aliphatic heterocycles. The van der Waals surface area contributed by atoms with Gasteiger partial charge in [-0.2, -0.15) is 5.26 Å². The van der Waals surface area contributed by atoms with E-state index in [0.717, 1.165) is 48.3 Å². The van der Waals surface area contributed by atoms with E-state index in [1.165, 1.54) is 21.6 Å². The van der Waals surface area contributed by atoms with Crippen molar-refractivity contribution in [1.82, 2.24) is 10.2 Å². The summed E-state index contributed by atoms with van der Waals surface area (Å²) in [6.07, 6.45) is 1.24. The number of rotatable bonds is 8. The molecule has 37 heavy (non-hydrogen) atoms. The normalized spacial score (nSPS) is 14.1. The van der Waals surface area contributed by atoms with Crippen LogP contribution in [0.1, 0.15) is 34.9 Å². The molecule has 0 spiro atoms. The number of anilines is 1. The van der Waals surface area contributed by atoms with Crippen LogP contribution >= 0.6 is 23.1 Å². The molecule has 5 rings (SSSR count). The van der Waals surface area contributed by atoms with Crippen LogP contribution in [-0.2, 0) is 24.3 Å². The maximum absolute atomic E-state index is 13.3. The molecule has 1 amide bonds. The highest BCUT2D eigenvalue weighted by atomic mass is 32.2. The van der Waals surface area contributed by atoms with Gasteiger partial charge in [-0.15, -0.1) is 11.3 Å². The summed E-state index contributed by atoms with van der Waals surface area (Å²) in [6, 6.07) is 21.8. The number of fused-ring (bicyclic) bond motifs is 1. The van der Waals surface area contributed by atoms with Gasteiger partial charge in [0, 0.05) is 36.6 Å². The van der Waals surface area contributed by atoms with Crippen molar-refractivity contribution in [3.05, 3.63) is 82.2 Å². The van der Waals surface area contributed by atoms with Crippen LogP contribution in [0, 0.1) is 11.3 Å². The monoisotopic (exact) mass is 531 g/mol. The summed E-state index contributed by atoms with van der Waals surface area (Å²) in [5.41, 5.74) is 3.49. The van der Waals surface area contributed by atoms with Crippen LogP contribution in [0.25, 0.3) is 5.69 Å². The summed E-state index contributed by atoms with van der Waals surface area (Å²) in [6.45, 7) is 4.32. The second-order valence-electron chi connectivity index (χ2n) is 8.68. The molecule has 0 fully saturated rings. The van der Waals surface area contributed by atoms with E-state index in [-0.39, 0.29) is 10.9 Å². The van der Waals surface area contributed by atoms with Crippen molar-refractivity contribution in [3.8, 4) is 17.7 Å². The highest BCUT2D eigenvalue weighted by Gasteiger charge is 2.30. The van der Waals surface area contributed by atoms with Crippen LogP contribution in [0.15, 0.2) is 70.2 Å². The molecule has 10 heteroatoms. The molecule has 1 atom stereocenters. The third-order valence-electron chi connectivity index (χ3n) is 6.22. The minimum absolute atomic E-state index is 0.232. The number of amides is 1. The quantitative estimate of drug-likeness (QED) is 0.270. The molecule has 0 saturated carbocycles. The van der Waals surface area contributed by atoms with Crippen molar-refractivity contribution in [1.29, 1.82) is 5.26 Å². The molecule has 4 aromatic rings. The lowest BCUT2D eigenvalue weighted by Crippen LogP contribution is -2.36. The number of hydrogen-bond donors (Lipinski definition) is 1. The van der Waals surface area contributed by atoms with Gasteiger partial charge in [-0.05, 0) is 40.4 Å². The highest BCUT2D eigenvalue weighted by molar-refractivity contribution is 8.00. The van der Waals surface area contributed by atoms with Crippen molar-refractivity contribution in [2.24, 2.45) is 0 Å². The van der Waals surface area contributed by atoms with Gasteiger partial charge in [0.2, 0.25) is 11.6 Å². The van der Waals surface area contributed by atoms with E-state index in [4.69, 9.17) is 4.52 Å². The smallest absolute Gasteiger partial charge is 0.298 e. The second kappa shape index (κ2) is 11.2. The third-order valence-corrected chi connectivity index (χ3v) is 8.75. The number of thioether (sulfide) groups is 1. The molecule has 0 bridgehead atoms. The first kappa shape index (κ1) is 25.0. The molecular formula is C27H25N5O3S2. The SMILES string of the molecule is CCC(Sc1c([O-])on[n+]1-c1ccccc1)C(=O)Nc1sc2c(c1C#N)CCN(Cc1ccccc1)C2. The minimum Gasteiger partial charge on any atom is -0.538 e. The summed E-state index contributed by atoms with van der Waals surface area (Å²) in [7, 11) is 0. The Morgan fingerprint density at radius 3 is 2.70 bits per heavy atom.